The van der Waals surface area contributed by atoms with Crippen molar-refractivity contribution in [3.05, 3.63) is 121 Å². The van der Waals surface area contributed by atoms with E-state index in [2.05, 4.69) is 151 Å². The highest BCUT2D eigenvalue weighted by molar-refractivity contribution is 7.37. The summed E-state index contributed by atoms with van der Waals surface area (Å²) in [5.41, 5.74) is 3.68. The van der Waals surface area contributed by atoms with Crippen LogP contribution in [0.25, 0.3) is 32.1 Å². The second-order valence-electron chi connectivity index (χ2n) is 12.9. The number of hydrogen-bond acceptors (Lipinski definition) is 2. The summed E-state index contributed by atoms with van der Waals surface area (Å²) in [5.74, 6) is 0. The molecule has 0 aliphatic rings. The molecule has 0 saturated carbocycles. The van der Waals surface area contributed by atoms with Crippen LogP contribution in [0.15, 0.2) is 115 Å². The van der Waals surface area contributed by atoms with E-state index in [1.807, 2.05) is 17.5 Å². The van der Waals surface area contributed by atoms with Gasteiger partial charge in [-0.3, -0.25) is 4.98 Å². The monoisotopic (exact) mass is 555 g/mol. The largest absolute Gasteiger partial charge is 0.255 e. The van der Waals surface area contributed by atoms with Gasteiger partial charge in [0.2, 0.25) is 0 Å². The van der Waals surface area contributed by atoms with Gasteiger partial charge >= 0.3 is 0 Å². The molecule has 0 amide bonds. The predicted molar refractivity (Wildman–Crippen MR) is 179 cm³/mol. The molecule has 0 aliphatic heterocycles. The van der Waals surface area contributed by atoms with E-state index < -0.39 is 8.07 Å². The second-order valence-corrected chi connectivity index (χ2v) is 19.0. The van der Waals surface area contributed by atoms with Crippen LogP contribution >= 0.6 is 11.3 Å². The molecule has 40 heavy (non-hydrogen) atoms. The molecule has 0 bridgehead atoms. The van der Waals surface area contributed by atoms with Crippen molar-refractivity contribution in [2.45, 2.75) is 52.0 Å². The summed E-state index contributed by atoms with van der Waals surface area (Å²) in [7, 11) is -2.43. The van der Waals surface area contributed by atoms with Gasteiger partial charge < -0.3 is 0 Å². The van der Waals surface area contributed by atoms with Crippen LogP contribution < -0.4 is 14.9 Å². The van der Waals surface area contributed by atoms with Gasteiger partial charge in [-0.05, 0) is 66.8 Å². The van der Waals surface area contributed by atoms with E-state index in [-0.39, 0.29) is 10.5 Å². The lowest BCUT2D eigenvalue weighted by molar-refractivity contribution is 0.596. The maximum Gasteiger partial charge on any atom is 0.165 e. The van der Waals surface area contributed by atoms with Crippen LogP contribution in [0.5, 0.6) is 0 Å². The topological polar surface area (TPSA) is 12.9 Å². The summed E-state index contributed by atoms with van der Waals surface area (Å²) in [4.78, 5) is 5.04. The average molecular weight is 556 g/mol. The quantitative estimate of drug-likeness (QED) is 0.198. The Morgan fingerprint density at radius 2 is 1.23 bits per heavy atom. The van der Waals surface area contributed by atoms with Crippen LogP contribution in [-0.2, 0) is 5.41 Å². The molecule has 0 fully saturated rings. The number of rotatable bonds is 4. The molecular weight excluding hydrogens is 519 g/mol. The van der Waals surface area contributed by atoms with E-state index in [9.17, 15) is 0 Å². The lowest BCUT2D eigenvalue weighted by Gasteiger charge is -2.43. The first-order chi connectivity index (χ1) is 19.1. The number of thiophene rings is 1. The Balaban J connectivity index is 1.66. The van der Waals surface area contributed by atoms with Gasteiger partial charge in [-0.25, -0.2) is 0 Å². The maximum atomic E-state index is 5.04. The van der Waals surface area contributed by atoms with E-state index in [0.29, 0.717) is 0 Å². The van der Waals surface area contributed by atoms with Crippen molar-refractivity contribution in [2.24, 2.45) is 0 Å². The van der Waals surface area contributed by atoms with Crippen LogP contribution in [0.2, 0.25) is 5.04 Å². The number of nitrogens with zero attached hydrogens (tertiary/aromatic N) is 1. The van der Waals surface area contributed by atoms with Crippen molar-refractivity contribution in [1.82, 2.24) is 4.98 Å². The zero-order valence-corrected chi connectivity index (χ0v) is 26.1. The Bertz CT molecular complexity index is 1770. The Labute approximate surface area is 243 Å². The first-order valence-electron chi connectivity index (χ1n) is 14.1. The number of hydrogen-bond donors (Lipinski definition) is 0. The van der Waals surface area contributed by atoms with E-state index in [1.54, 1.807) is 0 Å². The normalized spacial score (nSPS) is 12.8. The summed E-state index contributed by atoms with van der Waals surface area (Å²) in [5, 5.41) is 6.83. The number of fused-ring (bicyclic) bond motifs is 2. The molecule has 0 N–H and O–H groups in total. The van der Waals surface area contributed by atoms with E-state index in [1.165, 1.54) is 46.9 Å². The number of benzene rings is 4. The highest BCUT2D eigenvalue weighted by atomic mass is 32.1. The lowest BCUT2D eigenvalue weighted by Crippen LogP contribution is -2.71. The van der Waals surface area contributed by atoms with Gasteiger partial charge in [0, 0.05) is 16.3 Å². The first kappa shape index (κ1) is 26.7. The molecule has 2 heterocycles. The Morgan fingerprint density at radius 1 is 0.625 bits per heavy atom. The Hall–Kier alpha value is -3.53. The second kappa shape index (κ2) is 9.83. The molecule has 0 unspecified atom stereocenters. The van der Waals surface area contributed by atoms with Gasteiger partial charge in [0.25, 0.3) is 0 Å². The Morgan fingerprint density at radius 3 is 1.82 bits per heavy atom. The maximum absolute atomic E-state index is 5.04. The van der Waals surface area contributed by atoms with E-state index in [4.69, 9.17) is 4.98 Å². The van der Waals surface area contributed by atoms with Crippen molar-refractivity contribution >= 4 is 55.1 Å². The molecule has 6 rings (SSSR count). The minimum Gasteiger partial charge on any atom is -0.255 e. The van der Waals surface area contributed by atoms with Crippen molar-refractivity contribution in [2.75, 3.05) is 0 Å². The lowest BCUT2D eigenvalue weighted by atomic mass is 9.82. The van der Waals surface area contributed by atoms with Gasteiger partial charge in [-0.2, -0.15) is 0 Å². The predicted octanol–water partition coefficient (Wildman–Crippen LogP) is 8.68. The summed E-state index contributed by atoms with van der Waals surface area (Å²) < 4.78 is 2.76. The highest BCUT2D eigenvalue weighted by Crippen LogP contribution is 2.41. The molecule has 3 heteroatoms. The third-order valence-corrected chi connectivity index (χ3v) is 16.0. The van der Waals surface area contributed by atoms with Gasteiger partial charge in [0.05, 0.1) is 10.4 Å². The zero-order valence-electron chi connectivity index (χ0n) is 24.3. The fourth-order valence-electron chi connectivity index (χ4n) is 6.49. The smallest absolute Gasteiger partial charge is 0.165 e. The van der Waals surface area contributed by atoms with Gasteiger partial charge in [-0.15, -0.1) is 11.3 Å². The van der Waals surface area contributed by atoms with E-state index in [0.717, 1.165) is 5.69 Å². The molecule has 6 aromatic rings. The van der Waals surface area contributed by atoms with Crippen LogP contribution in [0.4, 0.5) is 0 Å². The van der Waals surface area contributed by atoms with Crippen molar-refractivity contribution in [3.8, 4) is 11.3 Å². The molecule has 0 aliphatic carbocycles. The van der Waals surface area contributed by atoms with Crippen LogP contribution in [0.3, 0.4) is 0 Å². The minimum absolute atomic E-state index is 0.0268. The molecular formula is C37H37NSSi. The highest BCUT2D eigenvalue weighted by Gasteiger charge is 2.50. The number of pyridine rings is 1. The minimum atomic E-state index is -2.43. The first-order valence-corrected chi connectivity index (χ1v) is 17.0. The third kappa shape index (κ3) is 4.33. The zero-order chi connectivity index (χ0) is 28.1. The van der Waals surface area contributed by atoms with Crippen molar-refractivity contribution in [1.29, 1.82) is 0 Å². The molecule has 2 aromatic heterocycles. The summed E-state index contributed by atoms with van der Waals surface area (Å²) in [6, 6.07) is 40.7. The van der Waals surface area contributed by atoms with Crippen LogP contribution in [-0.4, -0.2) is 13.1 Å². The van der Waals surface area contributed by atoms with Gasteiger partial charge in [0.15, 0.2) is 8.07 Å². The third-order valence-electron chi connectivity index (χ3n) is 8.29. The standard InChI is InChI=1S/C37H37NSSi/c1-36(2,3)32-24-28(23-26-15-13-14-20-31(26)32)34-35-27(21-22-38-34)25-33(39-35)40(37(4,5)6,29-16-9-7-10-17-29)30-18-11-8-12-19-30/h7-25H,1-6H3. The van der Waals surface area contributed by atoms with Gasteiger partial charge in [-0.1, -0.05) is 126 Å². The van der Waals surface area contributed by atoms with Gasteiger partial charge in [0.1, 0.15) is 0 Å². The fourth-order valence-corrected chi connectivity index (χ4v) is 15.1. The average Bonchev–Trinajstić information content (AvgIpc) is 3.37. The SMILES string of the molecule is CC(C)(C)c1cc(-c2nccc3cc([Si](c4ccccc4)(c4ccccc4)C(C)(C)C)sc23)cc2ccccc12. The fraction of sp³-hybridized carbons (Fsp3) is 0.216. The molecule has 0 atom stereocenters. The number of aromatic nitrogens is 1. The molecule has 4 aromatic carbocycles. The molecule has 0 spiro atoms. The molecule has 200 valence electrons. The molecule has 0 radical (unpaired) electrons. The summed E-state index contributed by atoms with van der Waals surface area (Å²) >= 11 is 1.96. The van der Waals surface area contributed by atoms with E-state index >= 15 is 0 Å². The molecule has 0 saturated heterocycles. The van der Waals surface area contributed by atoms with Crippen molar-refractivity contribution in [3.63, 3.8) is 0 Å². The molecule has 1 nitrogen and oxygen atoms in total. The summed E-state index contributed by atoms with van der Waals surface area (Å²) in [6.45, 7) is 14.2. The van der Waals surface area contributed by atoms with Crippen LogP contribution in [0.1, 0.15) is 47.1 Å². The Kier molecular flexibility index (Phi) is 6.56. The van der Waals surface area contributed by atoms with Crippen molar-refractivity contribution < 1.29 is 0 Å². The van der Waals surface area contributed by atoms with Crippen LogP contribution in [0, 0.1) is 0 Å². The summed E-state index contributed by atoms with van der Waals surface area (Å²) in [6.07, 6.45) is 1.99.